The molecule has 4 nitrogen and oxygen atoms in total. The SMILES string of the molecule is Cc1nc2cc(CCNCCC(C)(C)N)ccc2o1. The molecule has 1 aromatic heterocycles. The Bertz CT molecular complexity index is 540. The van der Waals surface area contributed by atoms with Gasteiger partial charge in [-0.1, -0.05) is 6.07 Å². The van der Waals surface area contributed by atoms with Gasteiger partial charge in [-0.05, 0) is 57.5 Å². The highest BCUT2D eigenvalue weighted by molar-refractivity contribution is 5.73. The lowest BCUT2D eigenvalue weighted by Crippen LogP contribution is -2.36. The van der Waals surface area contributed by atoms with Crippen LogP contribution >= 0.6 is 0 Å². The molecule has 0 aliphatic carbocycles. The van der Waals surface area contributed by atoms with Crippen molar-refractivity contribution in [3.05, 3.63) is 29.7 Å². The summed E-state index contributed by atoms with van der Waals surface area (Å²) < 4.78 is 5.46. The van der Waals surface area contributed by atoms with Crippen LogP contribution in [0.4, 0.5) is 0 Å². The molecule has 0 radical (unpaired) electrons. The van der Waals surface area contributed by atoms with Gasteiger partial charge in [0, 0.05) is 12.5 Å². The molecule has 0 unspecified atom stereocenters. The van der Waals surface area contributed by atoms with E-state index in [-0.39, 0.29) is 5.54 Å². The predicted molar refractivity (Wildman–Crippen MR) is 78.2 cm³/mol. The number of benzene rings is 1. The van der Waals surface area contributed by atoms with Crippen molar-refractivity contribution >= 4 is 11.1 Å². The van der Waals surface area contributed by atoms with Gasteiger partial charge in [0.15, 0.2) is 11.5 Å². The maximum atomic E-state index is 5.93. The Hall–Kier alpha value is -1.39. The smallest absolute Gasteiger partial charge is 0.192 e. The third-order valence-electron chi connectivity index (χ3n) is 3.10. The van der Waals surface area contributed by atoms with Crippen LogP contribution in [0.2, 0.25) is 0 Å². The number of aromatic nitrogens is 1. The molecule has 4 heteroatoms. The van der Waals surface area contributed by atoms with E-state index in [1.165, 1.54) is 5.56 Å². The van der Waals surface area contributed by atoms with E-state index < -0.39 is 0 Å². The van der Waals surface area contributed by atoms with E-state index >= 15 is 0 Å². The van der Waals surface area contributed by atoms with Gasteiger partial charge in [-0.15, -0.1) is 0 Å². The van der Waals surface area contributed by atoms with Crippen LogP contribution in [0.25, 0.3) is 11.1 Å². The molecule has 0 amide bonds. The Morgan fingerprint density at radius 1 is 1.32 bits per heavy atom. The molecule has 1 aromatic carbocycles. The second-order valence-electron chi connectivity index (χ2n) is 5.77. The second-order valence-corrected chi connectivity index (χ2v) is 5.77. The molecule has 1 heterocycles. The molecule has 3 N–H and O–H groups in total. The molecule has 2 aromatic rings. The Labute approximate surface area is 114 Å². The molecule has 0 aliphatic heterocycles. The minimum atomic E-state index is -0.0931. The van der Waals surface area contributed by atoms with Gasteiger partial charge >= 0.3 is 0 Å². The van der Waals surface area contributed by atoms with E-state index in [2.05, 4.69) is 36.3 Å². The lowest BCUT2D eigenvalue weighted by Gasteiger charge is -2.18. The predicted octanol–water partition coefficient (Wildman–Crippen LogP) is 2.40. The Kier molecular flexibility index (Phi) is 4.22. The summed E-state index contributed by atoms with van der Waals surface area (Å²) in [5, 5.41) is 3.42. The molecule has 0 fully saturated rings. The van der Waals surface area contributed by atoms with Crippen LogP contribution < -0.4 is 11.1 Å². The molecule has 104 valence electrons. The molecule has 2 rings (SSSR count). The maximum Gasteiger partial charge on any atom is 0.192 e. The second kappa shape index (κ2) is 5.72. The highest BCUT2D eigenvalue weighted by atomic mass is 16.3. The number of nitrogens with two attached hydrogens (primary N) is 1. The first-order valence-electron chi connectivity index (χ1n) is 6.80. The first-order chi connectivity index (χ1) is 8.94. The van der Waals surface area contributed by atoms with Crippen molar-refractivity contribution in [1.29, 1.82) is 0 Å². The van der Waals surface area contributed by atoms with Crippen LogP contribution in [0.3, 0.4) is 0 Å². The Morgan fingerprint density at radius 2 is 2.11 bits per heavy atom. The molecule has 0 atom stereocenters. The first-order valence-corrected chi connectivity index (χ1v) is 6.80. The highest BCUT2D eigenvalue weighted by Crippen LogP contribution is 2.16. The van der Waals surface area contributed by atoms with Crippen molar-refractivity contribution in [2.45, 2.75) is 39.2 Å². The summed E-state index contributed by atoms with van der Waals surface area (Å²) in [7, 11) is 0. The van der Waals surface area contributed by atoms with Crippen LogP contribution in [0.15, 0.2) is 22.6 Å². The third kappa shape index (κ3) is 4.33. The molecule has 0 aliphatic rings. The number of nitrogens with one attached hydrogen (secondary N) is 1. The molecule has 0 spiro atoms. The van der Waals surface area contributed by atoms with Gasteiger partial charge in [0.2, 0.25) is 0 Å². The molecule has 0 bridgehead atoms. The quantitative estimate of drug-likeness (QED) is 0.784. The summed E-state index contributed by atoms with van der Waals surface area (Å²) in [4.78, 5) is 4.35. The summed E-state index contributed by atoms with van der Waals surface area (Å²) in [5.41, 5.74) is 8.92. The summed E-state index contributed by atoms with van der Waals surface area (Å²) in [6.45, 7) is 7.88. The number of rotatable bonds is 6. The van der Waals surface area contributed by atoms with Crippen molar-refractivity contribution in [2.75, 3.05) is 13.1 Å². The summed E-state index contributed by atoms with van der Waals surface area (Å²) in [5.74, 6) is 0.718. The Morgan fingerprint density at radius 3 is 2.84 bits per heavy atom. The molecule has 19 heavy (non-hydrogen) atoms. The number of aryl methyl sites for hydroxylation is 1. The van der Waals surface area contributed by atoms with E-state index in [1.807, 2.05) is 13.0 Å². The zero-order valence-corrected chi connectivity index (χ0v) is 12.0. The number of hydrogen-bond acceptors (Lipinski definition) is 4. The van der Waals surface area contributed by atoms with Crippen LogP contribution in [0.5, 0.6) is 0 Å². The number of fused-ring (bicyclic) bond motifs is 1. The summed E-state index contributed by atoms with van der Waals surface area (Å²) in [6.07, 6.45) is 1.97. The first kappa shape index (κ1) is 14.0. The van der Waals surface area contributed by atoms with Crippen LogP contribution in [-0.2, 0) is 6.42 Å². The van der Waals surface area contributed by atoms with Gasteiger partial charge in [0.1, 0.15) is 5.52 Å². The molecular weight excluding hydrogens is 238 g/mol. The van der Waals surface area contributed by atoms with Gasteiger partial charge in [-0.25, -0.2) is 4.98 Å². The van der Waals surface area contributed by atoms with E-state index in [4.69, 9.17) is 10.2 Å². The average Bonchev–Trinajstić information content (AvgIpc) is 2.66. The van der Waals surface area contributed by atoms with Crippen LogP contribution in [0, 0.1) is 6.92 Å². The number of nitrogens with zero attached hydrogens (tertiary/aromatic N) is 1. The average molecular weight is 261 g/mol. The van der Waals surface area contributed by atoms with Gasteiger partial charge in [0.05, 0.1) is 0 Å². The van der Waals surface area contributed by atoms with Gasteiger partial charge < -0.3 is 15.5 Å². The fourth-order valence-corrected chi connectivity index (χ4v) is 2.01. The minimum absolute atomic E-state index is 0.0931. The van der Waals surface area contributed by atoms with E-state index in [9.17, 15) is 0 Å². The fraction of sp³-hybridized carbons (Fsp3) is 0.533. The van der Waals surface area contributed by atoms with E-state index in [0.717, 1.165) is 42.9 Å². The standard InChI is InChI=1S/C15H23N3O/c1-11-18-13-10-12(4-5-14(13)19-11)6-8-17-9-7-15(2,3)16/h4-5,10,17H,6-9,16H2,1-3H3. The van der Waals surface area contributed by atoms with Crippen LogP contribution in [-0.4, -0.2) is 23.6 Å². The Balaban J connectivity index is 1.81. The third-order valence-corrected chi connectivity index (χ3v) is 3.10. The summed E-state index contributed by atoms with van der Waals surface area (Å²) in [6, 6.07) is 6.19. The minimum Gasteiger partial charge on any atom is -0.441 e. The highest BCUT2D eigenvalue weighted by Gasteiger charge is 2.09. The number of oxazole rings is 1. The van der Waals surface area contributed by atoms with Crippen LogP contribution in [0.1, 0.15) is 31.7 Å². The zero-order chi connectivity index (χ0) is 13.9. The zero-order valence-electron chi connectivity index (χ0n) is 12.0. The topological polar surface area (TPSA) is 64.1 Å². The van der Waals surface area contributed by atoms with Crippen molar-refractivity contribution in [3.63, 3.8) is 0 Å². The van der Waals surface area contributed by atoms with E-state index in [0.29, 0.717) is 0 Å². The monoisotopic (exact) mass is 261 g/mol. The van der Waals surface area contributed by atoms with Gasteiger partial charge in [-0.3, -0.25) is 0 Å². The largest absolute Gasteiger partial charge is 0.441 e. The number of hydrogen-bond donors (Lipinski definition) is 2. The molecule has 0 saturated carbocycles. The fourth-order valence-electron chi connectivity index (χ4n) is 2.01. The van der Waals surface area contributed by atoms with Gasteiger partial charge in [0.25, 0.3) is 0 Å². The lowest BCUT2D eigenvalue weighted by atomic mass is 10.0. The molecule has 0 saturated heterocycles. The van der Waals surface area contributed by atoms with Crippen molar-refractivity contribution in [2.24, 2.45) is 5.73 Å². The van der Waals surface area contributed by atoms with Crippen molar-refractivity contribution < 1.29 is 4.42 Å². The lowest BCUT2D eigenvalue weighted by molar-refractivity contribution is 0.456. The van der Waals surface area contributed by atoms with Crippen molar-refractivity contribution in [3.8, 4) is 0 Å². The maximum absolute atomic E-state index is 5.93. The van der Waals surface area contributed by atoms with E-state index in [1.54, 1.807) is 0 Å². The summed E-state index contributed by atoms with van der Waals surface area (Å²) >= 11 is 0. The van der Waals surface area contributed by atoms with Crippen molar-refractivity contribution in [1.82, 2.24) is 10.3 Å². The van der Waals surface area contributed by atoms with Gasteiger partial charge in [-0.2, -0.15) is 0 Å². The normalized spacial score (nSPS) is 12.2. The molecular formula is C15H23N3O.